The van der Waals surface area contributed by atoms with Crippen LogP contribution < -0.4 is 5.43 Å². The van der Waals surface area contributed by atoms with Crippen LogP contribution in [-0.2, 0) is 5.41 Å². The molecule has 0 saturated heterocycles. The Hall–Kier alpha value is -2.86. The molecule has 2 heterocycles. The topological polar surface area (TPSA) is 83.3 Å². The number of nitrogens with zero attached hydrogens (tertiary/aromatic N) is 2. The molecule has 0 fully saturated rings. The monoisotopic (exact) mass is 370 g/mol. The van der Waals surface area contributed by atoms with E-state index in [0.29, 0.717) is 16.5 Å². The van der Waals surface area contributed by atoms with Crippen molar-refractivity contribution < 1.29 is 9.21 Å². The highest BCUT2D eigenvalue weighted by molar-refractivity contribution is 6.30. The Balaban J connectivity index is 1.64. The van der Waals surface area contributed by atoms with E-state index < -0.39 is 5.91 Å². The van der Waals surface area contributed by atoms with Gasteiger partial charge in [0.1, 0.15) is 11.5 Å². The predicted octanol–water partition coefficient (Wildman–Crippen LogP) is 4.38. The molecule has 1 amide bonds. The molecule has 2 N–H and O–H groups in total. The molecule has 0 aliphatic heterocycles. The maximum atomic E-state index is 12.1. The number of carbonyl (C=O) groups excluding carboxylic acids is 1. The third kappa shape index (κ3) is 4.21. The van der Waals surface area contributed by atoms with Gasteiger partial charge in [-0.2, -0.15) is 10.2 Å². The number of nitrogens with one attached hydrogen (secondary N) is 2. The zero-order chi connectivity index (χ0) is 18.7. The van der Waals surface area contributed by atoms with Crippen LogP contribution in [0.25, 0.3) is 11.3 Å². The summed E-state index contributed by atoms with van der Waals surface area (Å²) in [7, 11) is 0. The van der Waals surface area contributed by atoms with Gasteiger partial charge >= 0.3 is 0 Å². The summed E-state index contributed by atoms with van der Waals surface area (Å²) in [6, 6.07) is 12.7. The van der Waals surface area contributed by atoms with Crippen LogP contribution in [0.3, 0.4) is 0 Å². The summed E-state index contributed by atoms with van der Waals surface area (Å²) in [5.74, 6) is 0.787. The Bertz CT molecular complexity index is 950. The van der Waals surface area contributed by atoms with E-state index in [-0.39, 0.29) is 11.1 Å². The van der Waals surface area contributed by atoms with Gasteiger partial charge in [-0.25, -0.2) is 5.43 Å². The van der Waals surface area contributed by atoms with Gasteiger partial charge in [0.2, 0.25) is 0 Å². The molecule has 0 aliphatic carbocycles. The fourth-order valence-corrected chi connectivity index (χ4v) is 2.44. The molecule has 0 atom stereocenters. The number of aromatic nitrogens is 2. The Kier molecular flexibility index (Phi) is 4.95. The first kappa shape index (κ1) is 17.9. The van der Waals surface area contributed by atoms with Crippen LogP contribution in [0.4, 0.5) is 0 Å². The molecule has 26 heavy (non-hydrogen) atoms. The molecule has 7 heteroatoms. The van der Waals surface area contributed by atoms with Crippen LogP contribution in [0.15, 0.2) is 52.0 Å². The first-order valence-electron chi connectivity index (χ1n) is 8.08. The van der Waals surface area contributed by atoms with Crippen LogP contribution in [0, 0.1) is 0 Å². The van der Waals surface area contributed by atoms with Crippen molar-refractivity contribution in [2.75, 3.05) is 0 Å². The molecule has 6 nitrogen and oxygen atoms in total. The summed E-state index contributed by atoms with van der Waals surface area (Å²) in [4.78, 5) is 12.1. The Morgan fingerprint density at radius 3 is 2.77 bits per heavy atom. The average Bonchev–Trinajstić information content (AvgIpc) is 3.24. The van der Waals surface area contributed by atoms with Crippen LogP contribution >= 0.6 is 11.6 Å². The number of halogens is 1. The molecule has 134 valence electrons. The molecule has 3 aromatic rings. The highest BCUT2D eigenvalue weighted by atomic mass is 35.5. The Morgan fingerprint density at radius 1 is 1.27 bits per heavy atom. The third-order valence-corrected chi connectivity index (χ3v) is 3.95. The van der Waals surface area contributed by atoms with Crippen molar-refractivity contribution in [3.8, 4) is 11.3 Å². The maximum Gasteiger partial charge on any atom is 0.291 e. The molecule has 0 aliphatic rings. The summed E-state index contributed by atoms with van der Waals surface area (Å²) in [5.41, 5.74) is 4.36. The minimum absolute atomic E-state index is 0.111. The summed E-state index contributed by atoms with van der Waals surface area (Å²) < 4.78 is 5.68. The van der Waals surface area contributed by atoms with Crippen LogP contribution in [-0.4, -0.2) is 22.3 Å². The number of hydrogen-bond acceptors (Lipinski definition) is 4. The second-order valence-electron chi connectivity index (χ2n) is 6.83. The van der Waals surface area contributed by atoms with Gasteiger partial charge in [-0.05, 0) is 30.3 Å². The van der Waals surface area contributed by atoms with Crippen LogP contribution in [0.2, 0.25) is 5.02 Å². The largest absolute Gasteiger partial charge is 0.455 e. The molecule has 0 saturated carbocycles. The molecular formula is C19H19ClN4O2. The van der Waals surface area contributed by atoms with Gasteiger partial charge < -0.3 is 4.42 Å². The van der Waals surface area contributed by atoms with Gasteiger partial charge in [0.05, 0.1) is 6.21 Å². The lowest BCUT2D eigenvalue weighted by atomic mass is 9.92. The SMILES string of the molecule is CC(C)(C)c1cc(C(=O)N/N=C/c2ccc(-c3cccc(Cl)c3)o2)n[nH]1. The molecule has 0 radical (unpaired) electrons. The predicted molar refractivity (Wildman–Crippen MR) is 102 cm³/mol. The fourth-order valence-electron chi connectivity index (χ4n) is 2.25. The number of aromatic amines is 1. The van der Waals surface area contributed by atoms with E-state index in [9.17, 15) is 4.79 Å². The summed E-state index contributed by atoms with van der Waals surface area (Å²) in [6.45, 7) is 6.11. The van der Waals surface area contributed by atoms with Crippen molar-refractivity contribution in [2.45, 2.75) is 26.2 Å². The number of H-pyrrole nitrogens is 1. The van der Waals surface area contributed by atoms with Crippen LogP contribution in [0.1, 0.15) is 42.7 Å². The normalized spacial score (nSPS) is 11.8. The standard InChI is InChI=1S/C19H19ClN4O2/c1-19(2,3)17-10-15(22-23-17)18(25)24-21-11-14-7-8-16(26-14)12-5-4-6-13(20)9-12/h4-11H,1-3H3,(H,22,23)(H,24,25)/b21-11+. The molecule has 0 bridgehead atoms. The van der Waals surface area contributed by atoms with Gasteiger partial charge in [-0.15, -0.1) is 0 Å². The number of carbonyl (C=O) groups is 1. The van der Waals surface area contributed by atoms with Gasteiger partial charge in [-0.3, -0.25) is 9.89 Å². The zero-order valence-corrected chi connectivity index (χ0v) is 15.5. The number of hydrazone groups is 1. The Morgan fingerprint density at radius 2 is 2.08 bits per heavy atom. The molecule has 0 unspecified atom stereocenters. The van der Waals surface area contributed by atoms with Gasteiger partial charge in [0.25, 0.3) is 5.91 Å². The molecule has 2 aromatic heterocycles. The molecule has 1 aromatic carbocycles. The van der Waals surface area contributed by atoms with Crippen molar-refractivity contribution in [3.05, 3.63) is 64.6 Å². The highest BCUT2D eigenvalue weighted by Gasteiger charge is 2.19. The quantitative estimate of drug-likeness (QED) is 0.528. The second-order valence-corrected chi connectivity index (χ2v) is 7.26. The highest BCUT2D eigenvalue weighted by Crippen LogP contribution is 2.24. The van der Waals surface area contributed by atoms with Crippen molar-refractivity contribution in [2.24, 2.45) is 5.10 Å². The van der Waals surface area contributed by atoms with E-state index in [0.717, 1.165) is 11.3 Å². The number of furan rings is 1. The molecule has 3 rings (SSSR count). The summed E-state index contributed by atoms with van der Waals surface area (Å²) in [5, 5.41) is 11.4. The van der Waals surface area contributed by atoms with Crippen LogP contribution in [0.5, 0.6) is 0 Å². The number of hydrogen-bond donors (Lipinski definition) is 2. The first-order valence-corrected chi connectivity index (χ1v) is 8.46. The van der Waals surface area contributed by atoms with Gasteiger partial charge in [0.15, 0.2) is 5.69 Å². The summed E-state index contributed by atoms with van der Waals surface area (Å²) in [6.07, 6.45) is 1.43. The number of benzene rings is 1. The van der Waals surface area contributed by atoms with E-state index in [4.69, 9.17) is 16.0 Å². The van der Waals surface area contributed by atoms with E-state index >= 15 is 0 Å². The number of amides is 1. The number of rotatable bonds is 4. The minimum Gasteiger partial charge on any atom is -0.455 e. The zero-order valence-electron chi connectivity index (χ0n) is 14.7. The van der Waals surface area contributed by atoms with E-state index in [1.54, 1.807) is 18.2 Å². The van der Waals surface area contributed by atoms with Gasteiger partial charge in [-0.1, -0.05) is 44.5 Å². The second kappa shape index (κ2) is 7.17. The average molecular weight is 371 g/mol. The van der Waals surface area contributed by atoms with Crippen molar-refractivity contribution >= 4 is 23.7 Å². The molecule has 0 spiro atoms. The molecular weight excluding hydrogens is 352 g/mol. The first-order chi connectivity index (χ1) is 12.3. The van der Waals surface area contributed by atoms with Crippen molar-refractivity contribution in [1.29, 1.82) is 0 Å². The lowest BCUT2D eigenvalue weighted by Gasteiger charge is -2.14. The van der Waals surface area contributed by atoms with Gasteiger partial charge in [0, 0.05) is 21.7 Å². The fraction of sp³-hybridized carbons (Fsp3) is 0.211. The van der Waals surface area contributed by atoms with E-state index in [1.807, 2.05) is 45.0 Å². The maximum absolute atomic E-state index is 12.1. The van der Waals surface area contributed by atoms with Crippen molar-refractivity contribution in [3.63, 3.8) is 0 Å². The van der Waals surface area contributed by atoms with Crippen molar-refractivity contribution in [1.82, 2.24) is 15.6 Å². The Labute approximate surface area is 156 Å². The lowest BCUT2D eigenvalue weighted by molar-refractivity contribution is 0.0950. The van der Waals surface area contributed by atoms with E-state index in [1.165, 1.54) is 6.21 Å². The summed E-state index contributed by atoms with van der Waals surface area (Å²) >= 11 is 5.98. The lowest BCUT2D eigenvalue weighted by Crippen LogP contribution is -2.18. The minimum atomic E-state index is -0.394. The smallest absolute Gasteiger partial charge is 0.291 e. The van der Waals surface area contributed by atoms with E-state index in [2.05, 4.69) is 20.7 Å². The third-order valence-electron chi connectivity index (χ3n) is 3.71.